The van der Waals surface area contributed by atoms with Crippen molar-refractivity contribution in [2.45, 2.75) is 0 Å². The van der Waals surface area contributed by atoms with Crippen LogP contribution >= 0.6 is 0 Å². The first kappa shape index (κ1) is 25.0. The normalized spacial score (nSPS) is 11.6. The third-order valence-electron chi connectivity index (χ3n) is 8.17. The number of halogens is 3. The molecule has 43 heavy (non-hydrogen) atoms. The number of para-hydroxylation sites is 2. The predicted molar refractivity (Wildman–Crippen MR) is 165 cm³/mol. The Bertz CT molecular complexity index is 2460. The number of fused-ring (bicyclic) bond motifs is 6. The summed E-state index contributed by atoms with van der Waals surface area (Å²) in [4.78, 5) is 0. The van der Waals surface area contributed by atoms with Crippen LogP contribution in [0.3, 0.4) is 0 Å². The van der Waals surface area contributed by atoms with Gasteiger partial charge >= 0.3 is 0 Å². The molecule has 0 saturated heterocycles. The van der Waals surface area contributed by atoms with Crippen LogP contribution in [-0.2, 0) is 0 Å². The van der Waals surface area contributed by atoms with Crippen molar-refractivity contribution in [3.8, 4) is 28.6 Å². The SMILES string of the molecule is N#Cc1ccc(-n2c3ccccc3c3ccc(-c4ccc5c6ccccc6n(-c6cccc(F)c6F)c5c4)cc32)c(F)c1. The van der Waals surface area contributed by atoms with Gasteiger partial charge in [-0.2, -0.15) is 5.26 Å². The molecule has 0 unspecified atom stereocenters. The highest BCUT2D eigenvalue weighted by Gasteiger charge is 2.19. The number of aromatic nitrogens is 2. The number of hydrogen-bond acceptors (Lipinski definition) is 1. The Balaban J connectivity index is 1.40. The first-order valence-electron chi connectivity index (χ1n) is 13.7. The molecule has 0 saturated carbocycles. The van der Waals surface area contributed by atoms with Crippen molar-refractivity contribution in [1.29, 1.82) is 5.26 Å². The van der Waals surface area contributed by atoms with Crippen LogP contribution in [0.5, 0.6) is 0 Å². The summed E-state index contributed by atoms with van der Waals surface area (Å²) >= 11 is 0. The summed E-state index contributed by atoms with van der Waals surface area (Å²) < 4.78 is 48.6. The molecule has 6 aromatic carbocycles. The second-order valence-electron chi connectivity index (χ2n) is 10.5. The largest absolute Gasteiger partial charge is 0.306 e. The van der Waals surface area contributed by atoms with E-state index in [2.05, 4.69) is 0 Å². The van der Waals surface area contributed by atoms with Crippen LogP contribution in [0.1, 0.15) is 5.56 Å². The highest BCUT2D eigenvalue weighted by atomic mass is 19.2. The van der Waals surface area contributed by atoms with Crippen molar-refractivity contribution < 1.29 is 13.2 Å². The van der Waals surface area contributed by atoms with Crippen molar-refractivity contribution in [3.05, 3.63) is 144 Å². The summed E-state index contributed by atoms with van der Waals surface area (Å²) in [5.74, 6) is -2.31. The molecule has 8 aromatic rings. The fraction of sp³-hybridized carbons (Fsp3) is 0. The summed E-state index contributed by atoms with van der Waals surface area (Å²) in [6.07, 6.45) is 0. The third kappa shape index (κ3) is 3.68. The Labute approximate surface area is 243 Å². The molecular formula is C37H20F3N3. The van der Waals surface area contributed by atoms with Gasteiger partial charge in [0.1, 0.15) is 5.82 Å². The molecule has 0 radical (unpaired) electrons. The molecule has 6 heteroatoms. The van der Waals surface area contributed by atoms with Crippen molar-refractivity contribution in [2.24, 2.45) is 0 Å². The Kier molecular flexibility index (Phi) is 5.44. The zero-order valence-electron chi connectivity index (χ0n) is 22.5. The number of nitrogens with zero attached hydrogens (tertiary/aromatic N) is 3. The Morgan fingerprint density at radius 2 is 1.02 bits per heavy atom. The van der Waals surface area contributed by atoms with Gasteiger partial charge in [0, 0.05) is 21.5 Å². The van der Waals surface area contributed by atoms with E-state index >= 15 is 8.78 Å². The maximum atomic E-state index is 15.4. The quantitative estimate of drug-likeness (QED) is 0.211. The van der Waals surface area contributed by atoms with E-state index in [0.717, 1.165) is 60.8 Å². The van der Waals surface area contributed by atoms with E-state index in [9.17, 15) is 9.65 Å². The molecule has 8 rings (SSSR count). The number of nitriles is 1. The van der Waals surface area contributed by atoms with E-state index in [1.807, 2.05) is 95.6 Å². The highest BCUT2D eigenvalue weighted by Crippen LogP contribution is 2.38. The van der Waals surface area contributed by atoms with Crippen LogP contribution in [0.2, 0.25) is 0 Å². The van der Waals surface area contributed by atoms with Crippen LogP contribution in [0.15, 0.2) is 121 Å². The van der Waals surface area contributed by atoms with Gasteiger partial charge in [0.2, 0.25) is 0 Å². The number of hydrogen-bond donors (Lipinski definition) is 0. The second kappa shape index (κ2) is 9.37. The molecule has 0 aliphatic carbocycles. The molecule has 0 aliphatic rings. The van der Waals surface area contributed by atoms with E-state index < -0.39 is 17.5 Å². The highest BCUT2D eigenvalue weighted by molar-refractivity contribution is 6.12. The van der Waals surface area contributed by atoms with Crippen LogP contribution in [0, 0.1) is 28.8 Å². The van der Waals surface area contributed by atoms with Crippen molar-refractivity contribution in [2.75, 3.05) is 0 Å². The molecule has 0 fully saturated rings. The Morgan fingerprint density at radius 3 is 1.60 bits per heavy atom. The Morgan fingerprint density at radius 1 is 0.465 bits per heavy atom. The lowest BCUT2D eigenvalue weighted by atomic mass is 10.0. The molecule has 0 aliphatic heterocycles. The van der Waals surface area contributed by atoms with Gasteiger partial charge < -0.3 is 9.13 Å². The lowest BCUT2D eigenvalue weighted by molar-refractivity contribution is 0.505. The molecule has 204 valence electrons. The number of rotatable bonds is 3. The maximum absolute atomic E-state index is 15.4. The smallest absolute Gasteiger partial charge is 0.182 e. The lowest BCUT2D eigenvalue weighted by Crippen LogP contribution is -2.00. The average Bonchev–Trinajstić information content (AvgIpc) is 3.54. The van der Waals surface area contributed by atoms with Gasteiger partial charge in [-0.1, -0.05) is 66.7 Å². The van der Waals surface area contributed by atoms with Gasteiger partial charge in [-0.15, -0.1) is 0 Å². The topological polar surface area (TPSA) is 33.6 Å². The summed E-state index contributed by atoms with van der Waals surface area (Å²) in [5, 5.41) is 13.0. The van der Waals surface area contributed by atoms with Crippen molar-refractivity contribution >= 4 is 43.6 Å². The van der Waals surface area contributed by atoms with Gasteiger partial charge in [0.25, 0.3) is 0 Å². The maximum Gasteiger partial charge on any atom is 0.182 e. The number of benzene rings is 6. The summed E-state index contributed by atoms with van der Waals surface area (Å²) in [7, 11) is 0. The minimum Gasteiger partial charge on any atom is -0.306 e. The van der Waals surface area contributed by atoms with E-state index in [4.69, 9.17) is 0 Å². The molecule has 0 atom stereocenters. The second-order valence-corrected chi connectivity index (χ2v) is 10.5. The minimum atomic E-state index is -0.911. The van der Waals surface area contributed by atoms with Crippen LogP contribution < -0.4 is 0 Å². The van der Waals surface area contributed by atoms with Gasteiger partial charge in [0.15, 0.2) is 11.6 Å². The van der Waals surface area contributed by atoms with E-state index in [1.165, 1.54) is 12.1 Å². The molecule has 0 bridgehead atoms. The van der Waals surface area contributed by atoms with E-state index in [0.29, 0.717) is 5.69 Å². The van der Waals surface area contributed by atoms with E-state index in [1.54, 1.807) is 22.8 Å². The van der Waals surface area contributed by atoms with Crippen molar-refractivity contribution in [3.63, 3.8) is 0 Å². The molecular weight excluding hydrogens is 543 g/mol. The zero-order valence-corrected chi connectivity index (χ0v) is 22.5. The summed E-state index contributed by atoms with van der Waals surface area (Å²) in [6.45, 7) is 0. The zero-order chi connectivity index (χ0) is 29.2. The standard InChI is InChI=1S/C37H20F3N3/c38-29-8-5-11-34(37(29)40)43-32-10-4-2-7-26(32)28-16-14-24(20-36(28)43)23-13-15-27-25-6-1-3-9-31(25)42(35(27)19-23)33-17-12-22(21-41)18-30(33)39/h1-20H. The third-order valence-corrected chi connectivity index (χ3v) is 8.17. The molecule has 0 spiro atoms. The van der Waals surface area contributed by atoms with Gasteiger partial charge in [-0.25, -0.2) is 13.2 Å². The van der Waals surface area contributed by atoms with Crippen LogP contribution in [0.25, 0.3) is 66.1 Å². The fourth-order valence-electron chi connectivity index (χ4n) is 6.24. The Hall–Kier alpha value is -5.80. The van der Waals surface area contributed by atoms with Crippen molar-refractivity contribution in [1.82, 2.24) is 9.13 Å². The molecule has 0 amide bonds. The van der Waals surface area contributed by atoms with Gasteiger partial charge in [0.05, 0.1) is 45.1 Å². The summed E-state index contributed by atoms with van der Waals surface area (Å²) in [6, 6.07) is 38.2. The fourth-order valence-corrected chi connectivity index (χ4v) is 6.24. The summed E-state index contributed by atoms with van der Waals surface area (Å²) in [5.41, 5.74) is 5.63. The monoisotopic (exact) mass is 563 g/mol. The first-order chi connectivity index (χ1) is 21.0. The molecule has 2 aromatic heterocycles. The van der Waals surface area contributed by atoms with E-state index in [-0.39, 0.29) is 11.3 Å². The first-order valence-corrected chi connectivity index (χ1v) is 13.7. The van der Waals surface area contributed by atoms with Gasteiger partial charge in [-0.05, 0) is 65.7 Å². The predicted octanol–water partition coefficient (Wildman–Crippen LogP) is 9.84. The molecule has 3 nitrogen and oxygen atoms in total. The average molecular weight is 564 g/mol. The van der Waals surface area contributed by atoms with Gasteiger partial charge in [-0.3, -0.25) is 0 Å². The van der Waals surface area contributed by atoms with Crippen LogP contribution in [0.4, 0.5) is 13.2 Å². The molecule has 2 heterocycles. The lowest BCUT2D eigenvalue weighted by Gasteiger charge is -2.12. The van der Waals surface area contributed by atoms with Crippen LogP contribution in [-0.4, -0.2) is 9.13 Å². The molecule has 0 N–H and O–H groups in total. The minimum absolute atomic E-state index is 0.134.